The van der Waals surface area contributed by atoms with Gasteiger partial charge in [-0.05, 0) is 30.7 Å². The lowest BCUT2D eigenvalue weighted by molar-refractivity contribution is 0.102. The lowest BCUT2D eigenvalue weighted by Gasteiger charge is -2.14. The Morgan fingerprint density at radius 3 is 2.41 bits per heavy atom. The van der Waals surface area contributed by atoms with Crippen LogP contribution in [0, 0.1) is 11.3 Å². The number of anilines is 2. The molecule has 0 bridgehead atoms. The molecule has 0 spiro atoms. The van der Waals surface area contributed by atoms with Crippen LogP contribution >= 0.6 is 11.8 Å². The second-order valence-corrected chi connectivity index (χ2v) is 7.21. The zero-order valence-corrected chi connectivity index (χ0v) is 15.5. The maximum atomic E-state index is 12.5. The number of aromatic nitrogens is 1. The Morgan fingerprint density at radius 1 is 1.15 bits per heavy atom. The van der Waals surface area contributed by atoms with E-state index in [9.17, 15) is 10.1 Å². The molecule has 0 saturated carbocycles. The molecule has 1 atom stereocenters. The third-order valence-corrected chi connectivity index (χ3v) is 5.13. The molecule has 5 nitrogen and oxygen atoms in total. The van der Waals surface area contributed by atoms with Crippen molar-refractivity contribution in [2.75, 3.05) is 11.1 Å². The summed E-state index contributed by atoms with van der Waals surface area (Å²) in [4.78, 5) is 16.8. The average Bonchev–Trinajstić information content (AvgIpc) is 2.69. The molecule has 6 heteroatoms. The number of carbonyl (C=O) groups is 1. The van der Waals surface area contributed by atoms with E-state index in [-0.39, 0.29) is 16.6 Å². The predicted octanol–water partition coefficient (Wildman–Crippen LogP) is 4.64. The molecule has 134 valence electrons. The van der Waals surface area contributed by atoms with Crippen molar-refractivity contribution in [2.45, 2.75) is 17.2 Å². The second-order valence-electron chi connectivity index (χ2n) is 5.88. The first-order chi connectivity index (χ1) is 13.1. The van der Waals surface area contributed by atoms with E-state index in [1.807, 2.05) is 55.5 Å². The van der Waals surface area contributed by atoms with Gasteiger partial charge in [-0.2, -0.15) is 5.26 Å². The summed E-state index contributed by atoms with van der Waals surface area (Å²) in [7, 11) is 0. The summed E-state index contributed by atoms with van der Waals surface area (Å²) >= 11 is 1.44. The molecule has 0 aliphatic heterocycles. The second kappa shape index (κ2) is 8.39. The van der Waals surface area contributed by atoms with Gasteiger partial charge >= 0.3 is 0 Å². The molecule has 1 amide bonds. The molecule has 0 aliphatic rings. The minimum atomic E-state index is -0.393. The summed E-state index contributed by atoms with van der Waals surface area (Å²) in [6.45, 7) is 2.04. The Bertz CT molecular complexity index is 984. The molecule has 0 aliphatic carbocycles. The van der Waals surface area contributed by atoms with Crippen molar-refractivity contribution >= 4 is 29.2 Å². The molecule has 1 heterocycles. The van der Waals surface area contributed by atoms with Gasteiger partial charge in [0.25, 0.3) is 5.91 Å². The van der Waals surface area contributed by atoms with Crippen molar-refractivity contribution in [1.82, 2.24) is 4.98 Å². The van der Waals surface area contributed by atoms with E-state index in [2.05, 4.69) is 16.4 Å². The number of nitrogens with one attached hydrogen (secondary N) is 1. The van der Waals surface area contributed by atoms with Crippen LogP contribution in [0.4, 0.5) is 11.5 Å². The van der Waals surface area contributed by atoms with Gasteiger partial charge in [0.2, 0.25) is 0 Å². The third-order valence-electron chi connectivity index (χ3n) is 3.97. The molecular formula is C21H18N4OS. The molecular weight excluding hydrogens is 356 g/mol. The number of hydrogen-bond donors (Lipinski definition) is 2. The number of nitrogens with zero attached hydrogens (tertiary/aromatic N) is 2. The summed E-state index contributed by atoms with van der Waals surface area (Å²) in [5.74, 6) is -0.291. The van der Waals surface area contributed by atoms with Crippen LogP contribution in [0.1, 0.15) is 33.7 Å². The lowest BCUT2D eigenvalue weighted by atomic mass is 10.1. The van der Waals surface area contributed by atoms with E-state index in [0.29, 0.717) is 16.3 Å². The quantitative estimate of drug-likeness (QED) is 0.635. The van der Waals surface area contributed by atoms with E-state index < -0.39 is 5.91 Å². The maximum Gasteiger partial charge on any atom is 0.259 e. The van der Waals surface area contributed by atoms with Gasteiger partial charge in [-0.1, -0.05) is 60.3 Å². The van der Waals surface area contributed by atoms with Gasteiger partial charge in [0.1, 0.15) is 16.9 Å². The third kappa shape index (κ3) is 4.46. The molecule has 27 heavy (non-hydrogen) atoms. The Hall–Kier alpha value is -3.30. The van der Waals surface area contributed by atoms with Crippen molar-refractivity contribution < 1.29 is 4.79 Å². The highest BCUT2D eigenvalue weighted by atomic mass is 32.2. The highest BCUT2D eigenvalue weighted by molar-refractivity contribution is 7.99. The number of nitrogen functional groups attached to an aromatic ring is 1. The van der Waals surface area contributed by atoms with Crippen molar-refractivity contribution in [3.63, 3.8) is 0 Å². The smallest absolute Gasteiger partial charge is 0.259 e. The first-order valence-electron chi connectivity index (χ1n) is 8.37. The SMILES string of the molecule is CC(Sc1nc(N)c(C(=O)Nc2ccccc2)cc1C#N)c1ccccc1. The van der Waals surface area contributed by atoms with Crippen LogP contribution in [0.25, 0.3) is 0 Å². The normalized spacial score (nSPS) is 11.4. The van der Waals surface area contributed by atoms with Crippen LogP contribution in [0.15, 0.2) is 71.8 Å². The number of nitrogens with two attached hydrogens (primary N) is 1. The van der Waals surface area contributed by atoms with Gasteiger partial charge in [0.15, 0.2) is 0 Å². The van der Waals surface area contributed by atoms with Crippen LogP contribution in [0.5, 0.6) is 0 Å². The average molecular weight is 374 g/mol. The van der Waals surface area contributed by atoms with Crippen LogP contribution in [-0.4, -0.2) is 10.9 Å². The molecule has 0 fully saturated rings. The molecule has 3 rings (SSSR count). The number of nitriles is 1. The summed E-state index contributed by atoms with van der Waals surface area (Å²) in [6.07, 6.45) is 0. The standard InChI is InChI=1S/C21H18N4OS/c1-14(15-8-4-2-5-9-15)27-21-16(13-22)12-18(19(23)25-21)20(26)24-17-10-6-3-7-11-17/h2-12,14H,1H3,(H2,23,25)(H,24,26). The van der Waals surface area contributed by atoms with Crippen molar-refractivity contribution in [3.05, 3.63) is 83.4 Å². The van der Waals surface area contributed by atoms with Gasteiger partial charge in [-0.25, -0.2) is 4.98 Å². The van der Waals surface area contributed by atoms with E-state index in [1.54, 1.807) is 12.1 Å². The van der Waals surface area contributed by atoms with Crippen LogP contribution in [0.2, 0.25) is 0 Å². The van der Waals surface area contributed by atoms with Gasteiger partial charge in [0.05, 0.1) is 11.1 Å². The predicted molar refractivity (Wildman–Crippen MR) is 108 cm³/mol. The molecule has 2 aromatic carbocycles. The molecule has 1 unspecified atom stereocenters. The zero-order valence-electron chi connectivity index (χ0n) is 14.7. The van der Waals surface area contributed by atoms with Gasteiger partial charge in [-0.15, -0.1) is 0 Å². The monoisotopic (exact) mass is 374 g/mol. The van der Waals surface area contributed by atoms with E-state index >= 15 is 0 Å². The van der Waals surface area contributed by atoms with Gasteiger partial charge in [-0.3, -0.25) is 4.79 Å². The fourth-order valence-electron chi connectivity index (χ4n) is 2.54. The van der Waals surface area contributed by atoms with Crippen molar-refractivity contribution in [1.29, 1.82) is 5.26 Å². The number of pyridine rings is 1. The maximum absolute atomic E-state index is 12.5. The van der Waals surface area contributed by atoms with E-state index in [0.717, 1.165) is 5.56 Å². The lowest BCUT2D eigenvalue weighted by Crippen LogP contribution is -2.15. The van der Waals surface area contributed by atoms with Crippen molar-refractivity contribution in [3.8, 4) is 6.07 Å². The highest BCUT2D eigenvalue weighted by Gasteiger charge is 2.18. The topological polar surface area (TPSA) is 91.8 Å². The fraction of sp³-hybridized carbons (Fsp3) is 0.0952. The highest BCUT2D eigenvalue weighted by Crippen LogP contribution is 2.36. The van der Waals surface area contributed by atoms with E-state index in [1.165, 1.54) is 17.8 Å². The summed E-state index contributed by atoms with van der Waals surface area (Å²) < 4.78 is 0. The molecule has 0 radical (unpaired) electrons. The molecule has 1 aromatic heterocycles. The summed E-state index contributed by atoms with van der Waals surface area (Å²) in [6, 6.07) is 22.6. The minimum Gasteiger partial charge on any atom is -0.383 e. The van der Waals surface area contributed by atoms with Gasteiger partial charge in [0, 0.05) is 10.9 Å². The number of rotatable bonds is 5. The van der Waals surface area contributed by atoms with Crippen LogP contribution < -0.4 is 11.1 Å². The number of carbonyl (C=O) groups excluding carboxylic acids is 1. The Labute approximate surface area is 162 Å². The first-order valence-corrected chi connectivity index (χ1v) is 9.25. The molecule has 3 N–H and O–H groups in total. The first kappa shape index (κ1) is 18.5. The number of benzene rings is 2. The van der Waals surface area contributed by atoms with Crippen LogP contribution in [0.3, 0.4) is 0 Å². The molecule has 0 saturated heterocycles. The minimum absolute atomic E-state index is 0.0918. The van der Waals surface area contributed by atoms with Gasteiger partial charge < -0.3 is 11.1 Å². The number of thioether (sulfide) groups is 1. The molecule has 3 aromatic rings. The number of hydrogen-bond acceptors (Lipinski definition) is 5. The number of amides is 1. The zero-order chi connectivity index (χ0) is 19.2. The Kier molecular flexibility index (Phi) is 5.74. The van der Waals surface area contributed by atoms with Crippen LogP contribution in [-0.2, 0) is 0 Å². The summed E-state index contributed by atoms with van der Waals surface area (Å²) in [5, 5.41) is 12.9. The summed E-state index contributed by atoms with van der Waals surface area (Å²) in [5.41, 5.74) is 8.31. The number of para-hydroxylation sites is 1. The van der Waals surface area contributed by atoms with E-state index in [4.69, 9.17) is 5.73 Å². The Morgan fingerprint density at radius 2 is 1.78 bits per heavy atom. The van der Waals surface area contributed by atoms with Crippen molar-refractivity contribution in [2.24, 2.45) is 0 Å². The Balaban J connectivity index is 1.85. The fourth-order valence-corrected chi connectivity index (χ4v) is 3.55. The largest absolute Gasteiger partial charge is 0.383 e.